The van der Waals surface area contributed by atoms with Crippen molar-refractivity contribution in [3.63, 3.8) is 0 Å². The normalized spacial score (nSPS) is 33.3. The number of imidazole rings is 1. The minimum atomic E-state index is -2.22. The second-order valence-electron chi connectivity index (χ2n) is 34.7. The Bertz CT molecular complexity index is 4720. The van der Waals surface area contributed by atoms with Crippen LogP contribution in [0.25, 0.3) is 46.4 Å². The average molecular weight is 1900 g/mol. The van der Waals surface area contributed by atoms with Crippen LogP contribution < -0.4 is 34.4 Å². The molecule has 33 N–H and O–H groups in total. The molecule has 31 atom stereocenters. The van der Waals surface area contributed by atoms with Crippen molar-refractivity contribution < 1.29 is 153 Å². The quantitative estimate of drug-likeness (QED) is 0.0299. The Kier molecular flexibility index (Phi) is 38.8. The van der Waals surface area contributed by atoms with Crippen LogP contribution in [0.5, 0.6) is 0 Å². The molecule has 0 aromatic carbocycles. The van der Waals surface area contributed by atoms with Crippen molar-refractivity contribution in [2.45, 2.75) is 309 Å². The van der Waals surface area contributed by atoms with Gasteiger partial charge in [0.2, 0.25) is 11.9 Å². The van der Waals surface area contributed by atoms with E-state index in [1.807, 2.05) is 46.0 Å². The molecule has 746 valence electrons. The fourth-order valence-corrected chi connectivity index (χ4v) is 15.4. The predicted octanol–water partition coefficient (Wildman–Crippen LogP) is -3.79. The van der Waals surface area contributed by atoms with Gasteiger partial charge in [0.1, 0.15) is 164 Å². The molecule has 134 heavy (non-hydrogen) atoms. The Hall–Kier alpha value is -8.80. The Morgan fingerprint density at radius 3 is 1.00 bits per heavy atom. The van der Waals surface area contributed by atoms with Gasteiger partial charge in [0.05, 0.1) is 68.2 Å². The minimum Gasteiger partial charge on any atom is -0.394 e. The molecule has 30 rings (SSSR count). The van der Waals surface area contributed by atoms with E-state index in [9.17, 15) is 91.9 Å². The Morgan fingerprint density at radius 2 is 0.724 bits per heavy atom. The van der Waals surface area contributed by atoms with E-state index in [1.54, 1.807) is 6.33 Å². The zero-order chi connectivity index (χ0) is 98.3. The molecule has 7 unspecified atom stereocenters. The molecular weight excluding hydrogens is 1770 g/mol. The summed E-state index contributed by atoms with van der Waals surface area (Å²) in [6.07, 6.45) is -50.8. The number of guanidine groups is 1. The van der Waals surface area contributed by atoms with Gasteiger partial charge in [-0.3, -0.25) is 4.99 Å². The molecule has 22 saturated heterocycles. The van der Waals surface area contributed by atoms with E-state index < -0.39 is 230 Å². The molecule has 0 amide bonds. The largest absolute Gasteiger partial charge is 0.394 e. The van der Waals surface area contributed by atoms with Crippen molar-refractivity contribution in [3.8, 4) is 0 Å². The number of fused-ring (bicyclic) bond motifs is 8. The monoisotopic (exact) mass is 1900 g/mol. The number of nitrogens with zero attached hydrogens (tertiary/aromatic N) is 8. The number of aromatic amines is 3. The molecule has 48 heteroatoms. The molecular formula is C86H131N17O31. The maximum atomic E-state index is 11.5. The lowest BCUT2D eigenvalue weighted by atomic mass is 9.94. The molecule has 30 heterocycles. The second-order valence-corrected chi connectivity index (χ2v) is 34.7. The number of aromatic nitrogens is 10. The van der Waals surface area contributed by atoms with Gasteiger partial charge in [-0.2, -0.15) is 15.0 Å². The third-order valence-corrected chi connectivity index (χ3v) is 22.3. The number of anilines is 4. The van der Waals surface area contributed by atoms with Crippen LogP contribution in [0.3, 0.4) is 0 Å². The van der Waals surface area contributed by atoms with Gasteiger partial charge in [0, 0.05) is 51.5 Å². The summed E-state index contributed by atoms with van der Waals surface area (Å²) in [5.41, 5.74) is 43.3. The van der Waals surface area contributed by atoms with Crippen LogP contribution in [-0.4, -0.2) is 383 Å². The van der Waals surface area contributed by atoms with E-state index in [2.05, 4.69) is 153 Å². The fourth-order valence-electron chi connectivity index (χ4n) is 15.4. The number of rotatable bonds is 13. The van der Waals surface area contributed by atoms with Gasteiger partial charge in [0.25, 0.3) is 0 Å². The molecule has 6 aromatic heterocycles. The van der Waals surface area contributed by atoms with Crippen molar-refractivity contribution in [1.29, 1.82) is 0 Å². The maximum Gasteiger partial charge on any atom is 0.225 e. The van der Waals surface area contributed by atoms with Gasteiger partial charge in [-0.1, -0.05) is 55.4 Å². The van der Waals surface area contributed by atoms with E-state index in [0.29, 0.717) is 35.2 Å². The number of nitrogens with one attached hydrogen (secondary N) is 3. The molecule has 22 fully saturated rings. The third kappa shape index (κ3) is 27.2. The first kappa shape index (κ1) is 107. The maximum absolute atomic E-state index is 11.5. The topological polar surface area (TPSA) is 790 Å². The van der Waals surface area contributed by atoms with Crippen molar-refractivity contribution in [2.75, 3.05) is 56.0 Å². The lowest BCUT2D eigenvalue weighted by Crippen LogP contribution is -2.69. The first-order valence-corrected chi connectivity index (χ1v) is 43.8. The van der Waals surface area contributed by atoms with Gasteiger partial charge < -0.3 is 203 Å². The van der Waals surface area contributed by atoms with Crippen molar-refractivity contribution >= 4 is 75.9 Å². The highest BCUT2D eigenvalue weighted by Gasteiger charge is 2.60. The molecule has 0 aliphatic carbocycles. The summed E-state index contributed by atoms with van der Waals surface area (Å²) in [5.74, 6) is 3.72. The number of pyridine rings is 1. The van der Waals surface area contributed by atoms with Crippen LogP contribution in [0.15, 0.2) is 72.1 Å². The standard InChI is InChI=1S/C39H66O31.C23H20N4.C8H13N3.C6H11N5.C6H10N2.C4H11N3/c1-8(2)58-33(57)32-31-19(50)25(56)39(70-32)68-30-13(7-44)62-37(23(54)17(30)48)66-28-11(5-42)60-35(21(52)15(28)46)64-26-9(3-40)59-34(20(51)14(26)45)65-27-10(4-41)61-36(22(53)16(27)47)67-29-12(6-43)63-38(69-31)24(55)18(29)49;1-14(2)23-21-9-7-19(26-21)12-17-5-3-15(24-17)11-16-4-6-18(25-16)13-20-8-10-22(23)27-20;1-5(2)6-3-7(9)11-8(10)4-6;1-3(2)4-9-5(7)11-6(8)10-4;1-5(2)6-3-7-4-8-6;1-3(2)7-4(5)6/h8-57H,3-7H2,1-2H3;3-14,24-25H,1-2H3;3-5H,1-2H3,(H4,9,10,11);3H,1-2H3,(H4,7,8,9,10,11);3-5H,1-2H3,(H,7,8);3H,1-2H3,(H4,5,6,7)/t9?,10?,11?,12?,13?,14-,15-,16-,17-,18-,19-,20-,21-,22-,23-,24-,25-,26-,27-,28-,29-,30-,31+,32?,33?,34-,35-,36-,37-,38-,39+;;;;;/m1...../s1. The van der Waals surface area contributed by atoms with Crippen LogP contribution in [0, 0.1) is 0 Å². The number of aliphatic hydroxyl groups excluding tert-OH is 18. The smallest absolute Gasteiger partial charge is 0.225 e. The summed E-state index contributed by atoms with van der Waals surface area (Å²) in [5, 5.41) is 198. The van der Waals surface area contributed by atoms with Crippen LogP contribution >= 0.6 is 0 Å². The van der Waals surface area contributed by atoms with E-state index in [0.717, 1.165) is 50.4 Å². The van der Waals surface area contributed by atoms with Crippen LogP contribution in [0.1, 0.15) is 152 Å². The highest BCUT2D eigenvalue weighted by molar-refractivity contribution is 5.80. The van der Waals surface area contributed by atoms with E-state index in [-0.39, 0.29) is 29.8 Å². The number of aliphatic hydroxyl groups is 18. The number of nitrogens with two attached hydrogens (primary N) is 6. The number of hydrogen-bond acceptors (Lipinski definition) is 43. The van der Waals surface area contributed by atoms with E-state index >= 15 is 0 Å². The number of ether oxygens (including phenoxy) is 13. The molecule has 48 nitrogen and oxygen atoms in total. The predicted molar refractivity (Wildman–Crippen MR) is 477 cm³/mol. The lowest BCUT2D eigenvalue weighted by molar-refractivity contribution is -0.409. The number of nitrogen functional groups attached to an aromatic ring is 4. The van der Waals surface area contributed by atoms with Crippen molar-refractivity contribution in [1.82, 2.24) is 49.8 Å². The van der Waals surface area contributed by atoms with Crippen LogP contribution in [0.2, 0.25) is 0 Å². The molecule has 0 saturated carbocycles. The molecule has 6 aromatic rings. The average Bonchev–Trinajstić information content (AvgIpc) is 0.973. The summed E-state index contributed by atoms with van der Waals surface area (Å²) in [4.78, 5) is 42.5. The Balaban J connectivity index is 0.000000230. The first-order chi connectivity index (χ1) is 63.4. The number of hydrogen-bond donors (Lipinski definition) is 27. The minimum absolute atomic E-state index is 0.162. The molecule has 24 aliphatic heterocycles. The van der Waals surface area contributed by atoms with Gasteiger partial charge in [0.15, 0.2) is 50.0 Å². The van der Waals surface area contributed by atoms with Crippen LogP contribution in [0.4, 0.5) is 23.5 Å². The van der Waals surface area contributed by atoms with Crippen LogP contribution in [-0.2, 0) is 61.6 Å². The Labute approximate surface area is 770 Å². The zero-order valence-electron chi connectivity index (χ0n) is 76.0. The van der Waals surface area contributed by atoms with Gasteiger partial charge in [-0.25, -0.2) is 19.9 Å². The Morgan fingerprint density at radius 1 is 0.388 bits per heavy atom. The number of H-pyrrole nitrogens is 3. The number of aliphatic imine (C=N–C) groups is 1. The second kappa shape index (κ2) is 48.5. The van der Waals surface area contributed by atoms with E-state index in [1.165, 1.54) is 25.1 Å². The van der Waals surface area contributed by atoms with E-state index in [4.69, 9.17) is 106 Å². The lowest BCUT2D eigenvalue weighted by Gasteiger charge is -2.51. The van der Waals surface area contributed by atoms with Gasteiger partial charge in [-0.05, 0) is 130 Å². The highest BCUT2D eigenvalue weighted by Crippen LogP contribution is 2.40. The van der Waals surface area contributed by atoms with Crippen molar-refractivity contribution in [2.24, 2.45) is 16.5 Å². The molecule has 0 radical (unpaired) electrons. The highest BCUT2D eigenvalue weighted by atomic mass is 16.8. The molecule has 24 aliphatic rings. The zero-order valence-corrected chi connectivity index (χ0v) is 76.0. The summed E-state index contributed by atoms with van der Waals surface area (Å²) >= 11 is 0. The van der Waals surface area contributed by atoms with Gasteiger partial charge in [-0.15, -0.1) is 0 Å². The summed E-state index contributed by atoms with van der Waals surface area (Å²) < 4.78 is 74.0. The fraction of sp³-hybridized carbons (Fsp3) is 0.628. The third-order valence-electron chi connectivity index (χ3n) is 22.3. The molecule has 20 bridgehead atoms. The summed E-state index contributed by atoms with van der Waals surface area (Å²) in [7, 11) is 0. The van der Waals surface area contributed by atoms with Gasteiger partial charge >= 0.3 is 0 Å². The summed E-state index contributed by atoms with van der Waals surface area (Å²) in [6.45, 7) is 18.5. The molecule has 0 spiro atoms. The SMILES string of the molecule is CC(C)N=C(N)N.CC(C)OC(O)C1O[C@@H]2O[C@@H]3C(CO)O[C@H](O[C@@H]4C(CO)O[C@H](O[C@@H]5C(CO)O[C@H](O[C@@H]6C(CO)O[C@H](O[C@@H]7C(CO)O[C@H](O[C@H]1[C@H](O)[C@H]2O)[C@H](O)[C@H]7O)[C@H](O)[C@H]6O)[C@H](O)[C@H]5O)[C@H](O)[C@H]4O)[C@H](O)[C@H]3O.CC(C)c1c2nc(cc3ccc(cc4ccc(cc5nc1C=C5)[nH]4)[nH]3)C=C2.CC(C)c1cc(N)nc(N)c1.CC(C)c1cnc[nH]1.CC(C)c1nc(N)nc(N)n1. The first-order valence-electron chi connectivity index (χ1n) is 43.8. The van der Waals surface area contributed by atoms with Crippen molar-refractivity contribution in [3.05, 3.63) is 113 Å². The summed E-state index contributed by atoms with van der Waals surface area (Å²) in [6, 6.07) is 18.5.